The van der Waals surface area contributed by atoms with Crippen LogP contribution < -0.4 is 11.1 Å². The number of nitrogens with zero attached hydrogens (tertiary/aromatic N) is 4. The molecular formula is C21H24N6OS. The van der Waals surface area contributed by atoms with Crippen LogP contribution in [0.5, 0.6) is 0 Å². The molecule has 0 bridgehead atoms. The molecule has 3 aromatic heterocycles. The minimum atomic E-state index is -0.0929. The van der Waals surface area contributed by atoms with Gasteiger partial charge in [-0.05, 0) is 38.0 Å². The van der Waals surface area contributed by atoms with E-state index in [0.717, 1.165) is 26.2 Å². The van der Waals surface area contributed by atoms with Gasteiger partial charge in [-0.25, -0.2) is 9.97 Å². The van der Waals surface area contributed by atoms with E-state index in [1.54, 1.807) is 4.90 Å². The molecule has 29 heavy (non-hydrogen) atoms. The Bertz CT molecular complexity index is 1100. The zero-order valence-electron chi connectivity index (χ0n) is 16.8. The minimum Gasteiger partial charge on any atom is -0.402 e. The summed E-state index contributed by atoms with van der Waals surface area (Å²) in [7, 11) is 0. The molecule has 1 amide bonds. The number of aromatic nitrogens is 3. The Balaban J connectivity index is 1.64. The van der Waals surface area contributed by atoms with Crippen LogP contribution >= 0.6 is 11.3 Å². The molecule has 1 fully saturated rings. The van der Waals surface area contributed by atoms with Crippen LogP contribution in [0.15, 0.2) is 36.8 Å². The summed E-state index contributed by atoms with van der Waals surface area (Å²) < 4.78 is 0.818. The number of likely N-dealkylation sites (tertiary alicyclic amines) is 1. The molecule has 0 radical (unpaired) electrons. The molecule has 8 heteroatoms. The lowest BCUT2D eigenvalue weighted by Gasteiger charge is -2.39. The van der Waals surface area contributed by atoms with Crippen molar-refractivity contribution in [2.75, 3.05) is 18.4 Å². The smallest absolute Gasteiger partial charge is 0.274 e. The Morgan fingerprint density at radius 3 is 2.76 bits per heavy atom. The van der Waals surface area contributed by atoms with Crippen molar-refractivity contribution in [3.8, 4) is 0 Å². The first-order valence-electron chi connectivity index (χ1n) is 9.51. The Hall–Kier alpha value is -3.00. The molecule has 3 N–H and O–H groups in total. The van der Waals surface area contributed by atoms with Gasteiger partial charge in [-0.3, -0.25) is 9.78 Å². The van der Waals surface area contributed by atoms with E-state index in [4.69, 9.17) is 5.73 Å². The second-order valence-corrected chi connectivity index (χ2v) is 8.87. The van der Waals surface area contributed by atoms with Gasteiger partial charge in [0.15, 0.2) is 5.69 Å². The number of fused-ring (bicyclic) bond motifs is 1. The summed E-state index contributed by atoms with van der Waals surface area (Å²) in [6, 6.07) is 4.02. The summed E-state index contributed by atoms with van der Waals surface area (Å²) in [4.78, 5) is 29.4. The van der Waals surface area contributed by atoms with Crippen molar-refractivity contribution in [3.05, 3.63) is 58.5 Å². The van der Waals surface area contributed by atoms with Gasteiger partial charge in [-0.1, -0.05) is 12.6 Å². The first-order valence-corrected chi connectivity index (χ1v) is 10.3. The normalized spacial score (nSPS) is 15.2. The molecule has 1 aliphatic rings. The molecule has 4 rings (SSSR count). The monoisotopic (exact) mass is 408 g/mol. The molecule has 7 nitrogen and oxygen atoms in total. The van der Waals surface area contributed by atoms with Gasteiger partial charge in [0.2, 0.25) is 5.95 Å². The lowest BCUT2D eigenvalue weighted by molar-refractivity contribution is 0.0550. The Morgan fingerprint density at radius 1 is 1.31 bits per heavy atom. The highest BCUT2D eigenvalue weighted by Crippen LogP contribution is 2.31. The quantitative estimate of drug-likeness (QED) is 0.671. The molecule has 4 heterocycles. The molecule has 1 atom stereocenters. The summed E-state index contributed by atoms with van der Waals surface area (Å²) in [5.41, 5.74) is 9.73. The number of nitrogens with one attached hydrogen (secondary N) is 1. The van der Waals surface area contributed by atoms with E-state index in [-0.39, 0.29) is 17.9 Å². The number of pyridine rings is 1. The third kappa shape index (κ3) is 3.80. The number of nitrogens with two attached hydrogens (primary N) is 1. The maximum atomic E-state index is 13.1. The highest BCUT2D eigenvalue weighted by molar-refractivity contribution is 7.19. The van der Waals surface area contributed by atoms with Crippen molar-refractivity contribution in [1.29, 1.82) is 0 Å². The fourth-order valence-corrected chi connectivity index (χ4v) is 4.31. The number of aryl methyl sites for hydroxylation is 2. The highest BCUT2D eigenvalue weighted by atomic mass is 32.1. The van der Waals surface area contributed by atoms with Gasteiger partial charge in [0, 0.05) is 42.0 Å². The highest BCUT2D eigenvalue weighted by Gasteiger charge is 2.34. The number of anilines is 1. The van der Waals surface area contributed by atoms with Crippen LogP contribution in [0.3, 0.4) is 0 Å². The Kier molecular flexibility index (Phi) is 4.96. The van der Waals surface area contributed by atoms with Crippen LogP contribution in [-0.2, 0) is 0 Å². The van der Waals surface area contributed by atoms with Crippen LogP contribution in [-0.4, -0.2) is 38.8 Å². The van der Waals surface area contributed by atoms with E-state index in [9.17, 15) is 4.79 Å². The average Bonchev–Trinajstić information content (AvgIpc) is 2.99. The minimum absolute atomic E-state index is 0.0449. The maximum Gasteiger partial charge on any atom is 0.274 e. The summed E-state index contributed by atoms with van der Waals surface area (Å²) in [6.45, 7) is 11.0. The Morgan fingerprint density at radius 2 is 2.07 bits per heavy atom. The van der Waals surface area contributed by atoms with Crippen LogP contribution in [0.1, 0.15) is 39.5 Å². The molecule has 1 aliphatic heterocycles. The van der Waals surface area contributed by atoms with E-state index in [1.807, 2.05) is 39.2 Å². The Labute approximate surface area is 173 Å². The van der Waals surface area contributed by atoms with Gasteiger partial charge in [-0.2, -0.15) is 0 Å². The van der Waals surface area contributed by atoms with Gasteiger partial charge in [0.1, 0.15) is 0 Å². The molecule has 0 spiro atoms. The van der Waals surface area contributed by atoms with E-state index in [2.05, 4.69) is 32.9 Å². The second-order valence-electron chi connectivity index (χ2n) is 7.61. The zero-order chi connectivity index (χ0) is 20.7. The van der Waals surface area contributed by atoms with Crippen molar-refractivity contribution >= 4 is 33.4 Å². The first-order chi connectivity index (χ1) is 13.8. The number of carbonyl (C=O) groups excluding carboxylic acids is 1. The number of hydrogen-bond donors (Lipinski definition) is 2. The van der Waals surface area contributed by atoms with Crippen LogP contribution in [0, 0.1) is 19.8 Å². The third-order valence-corrected chi connectivity index (χ3v) is 6.18. The lowest BCUT2D eigenvalue weighted by Crippen LogP contribution is -2.51. The van der Waals surface area contributed by atoms with Crippen molar-refractivity contribution in [2.45, 2.75) is 26.8 Å². The third-order valence-electron chi connectivity index (χ3n) is 5.13. The topological polar surface area (TPSA) is 97.0 Å². The van der Waals surface area contributed by atoms with E-state index < -0.39 is 0 Å². The van der Waals surface area contributed by atoms with Gasteiger partial charge in [0.05, 0.1) is 16.3 Å². The number of carbonyl (C=O) groups is 1. The summed E-state index contributed by atoms with van der Waals surface area (Å²) in [5.74, 6) is 0.505. The fourth-order valence-electron chi connectivity index (χ4n) is 3.38. The van der Waals surface area contributed by atoms with Crippen LogP contribution in [0.4, 0.5) is 5.95 Å². The molecule has 150 valence electrons. The SMILES string of the molecule is C=C(N)C1CN(C(=O)c2nc(NC(C)c3cncc(C)c3)nc3cc(C)sc23)C1. The van der Waals surface area contributed by atoms with Gasteiger partial charge < -0.3 is 16.0 Å². The summed E-state index contributed by atoms with van der Waals surface area (Å²) in [5, 5.41) is 3.32. The molecule has 1 saturated heterocycles. The fraction of sp³-hybridized carbons (Fsp3) is 0.333. The number of thiophene rings is 1. The number of amides is 1. The number of rotatable bonds is 5. The van der Waals surface area contributed by atoms with Gasteiger partial charge in [-0.15, -0.1) is 11.3 Å². The number of hydrogen-bond acceptors (Lipinski definition) is 7. The average molecular weight is 409 g/mol. The van der Waals surface area contributed by atoms with E-state index >= 15 is 0 Å². The van der Waals surface area contributed by atoms with E-state index in [1.165, 1.54) is 11.3 Å². The predicted molar refractivity (Wildman–Crippen MR) is 116 cm³/mol. The molecule has 3 aromatic rings. The molecule has 0 saturated carbocycles. The molecule has 1 unspecified atom stereocenters. The largest absolute Gasteiger partial charge is 0.402 e. The summed E-state index contributed by atoms with van der Waals surface area (Å²) in [6.07, 6.45) is 3.64. The van der Waals surface area contributed by atoms with Crippen LogP contribution in [0.25, 0.3) is 10.2 Å². The zero-order valence-corrected chi connectivity index (χ0v) is 17.6. The summed E-state index contributed by atoms with van der Waals surface area (Å²) >= 11 is 1.54. The molecule has 0 aromatic carbocycles. The standard InChI is InChI=1S/C21H24N6OS/c1-11-5-15(8-23-7-11)14(4)24-21-25-17-6-12(2)29-19(17)18(26-21)20(28)27-9-16(10-27)13(3)22/h5-8,14,16H,3,9-10,22H2,1-2,4H3,(H,24,25,26). The maximum absolute atomic E-state index is 13.1. The van der Waals surface area contributed by atoms with Crippen molar-refractivity contribution in [1.82, 2.24) is 19.9 Å². The van der Waals surface area contributed by atoms with Crippen molar-refractivity contribution in [3.63, 3.8) is 0 Å². The first kappa shape index (κ1) is 19.3. The predicted octanol–water partition coefficient (Wildman–Crippen LogP) is 3.42. The second kappa shape index (κ2) is 7.44. The van der Waals surface area contributed by atoms with Crippen molar-refractivity contribution in [2.24, 2.45) is 11.7 Å². The van der Waals surface area contributed by atoms with Crippen molar-refractivity contribution < 1.29 is 4.79 Å². The molecular weight excluding hydrogens is 384 g/mol. The van der Waals surface area contributed by atoms with Gasteiger partial charge >= 0.3 is 0 Å². The molecule has 0 aliphatic carbocycles. The lowest BCUT2D eigenvalue weighted by atomic mass is 9.97. The van der Waals surface area contributed by atoms with Crippen LogP contribution in [0.2, 0.25) is 0 Å². The van der Waals surface area contributed by atoms with Gasteiger partial charge in [0.25, 0.3) is 5.91 Å². The van der Waals surface area contributed by atoms with E-state index in [0.29, 0.717) is 30.4 Å².